The molecule has 1 amide bonds. The first kappa shape index (κ1) is 11.4. The molecule has 1 heterocycles. The van der Waals surface area contributed by atoms with Gasteiger partial charge < -0.3 is 10.1 Å². The Labute approximate surface area is 85.8 Å². The summed E-state index contributed by atoms with van der Waals surface area (Å²) in [7, 11) is 1.46. The van der Waals surface area contributed by atoms with Crippen molar-refractivity contribution in [2.45, 2.75) is 19.4 Å². The van der Waals surface area contributed by atoms with E-state index in [1.54, 1.807) is 6.92 Å². The second-order valence-corrected chi connectivity index (χ2v) is 2.96. The van der Waals surface area contributed by atoms with Gasteiger partial charge in [0.2, 0.25) is 5.91 Å². The molecule has 7 nitrogen and oxygen atoms in total. The van der Waals surface area contributed by atoms with Crippen molar-refractivity contribution < 1.29 is 14.1 Å². The van der Waals surface area contributed by atoms with Crippen molar-refractivity contribution in [3.8, 4) is 0 Å². The number of aromatic amines is 1. The number of amides is 1. The van der Waals surface area contributed by atoms with Crippen molar-refractivity contribution in [2.75, 3.05) is 13.7 Å². The third-order valence-electron chi connectivity index (χ3n) is 1.87. The van der Waals surface area contributed by atoms with Crippen LogP contribution in [0.5, 0.6) is 0 Å². The van der Waals surface area contributed by atoms with Gasteiger partial charge in [-0.25, -0.2) is 4.79 Å². The molecule has 0 saturated carbocycles. The Bertz CT molecular complexity index is 370. The van der Waals surface area contributed by atoms with Gasteiger partial charge in [0.05, 0.1) is 0 Å². The lowest BCUT2D eigenvalue weighted by molar-refractivity contribution is -0.129. The predicted molar refractivity (Wildman–Crippen MR) is 50.3 cm³/mol. The summed E-state index contributed by atoms with van der Waals surface area (Å²) >= 11 is 0. The van der Waals surface area contributed by atoms with Crippen LogP contribution in [0.1, 0.15) is 12.7 Å². The fourth-order valence-corrected chi connectivity index (χ4v) is 0.923. The number of methoxy groups -OCH3 is 1. The molecule has 1 atom stereocenters. The van der Waals surface area contributed by atoms with Crippen LogP contribution in [0.3, 0.4) is 0 Å². The minimum Gasteiger partial charge on any atom is -0.372 e. The smallest absolute Gasteiger partial charge is 0.372 e. The number of nitrogens with one attached hydrogen (secondary N) is 2. The van der Waals surface area contributed by atoms with Crippen LogP contribution in [0, 0.1) is 0 Å². The maximum Gasteiger partial charge on any atom is 0.438 e. The first-order valence-corrected chi connectivity index (χ1v) is 4.49. The molecule has 1 aromatic heterocycles. The molecule has 0 aliphatic rings. The number of carbonyl (C=O) groups excluding carboxylic acids is 1. The summed E-state index contributed by atoms with van der Waals surface area (Å²) in [6.45, 7) is 2.02. The molecule has 1 unspecified atom stereocenters. The van der Waals surface area contributed by atoms with Gasteiger partial charge in [0.1, 0.15) is 6.10 Å². The van der Waals surface area contributed by atoms with Crippen LogP contribution < -0.4 is 11.1 Å². The van der Waals surface area contributed by atoms with E-state index in [0.29, 0.717) is 18.8 Å². The highest BCUT2D eigenvalue weighted by Crippen LogP contribution is 1.88. The van der Waals surface area contributed by atoms with E-state index in [4.69, 9.17) is 4.74 Å². The van der Waals surface area contributed by atoms with Gasteiger partial charge in [-0.2, -0.15) is 0 Å². The Morgan fingerprint density at radius 1 is 1.73 bits per heavy atom. The van der Waals surface area contributed by atoms with Crippen LogP contribution in [0.2, 0.25) is 0 Å². The third kappa shape index (κ3) is 3.55. The number of carbonyl (C=O) groups is 1. The maximum absolute atomic E-state index is 11.2. The quantitative estimate of drug-likeness (QED) is 0.660. The monoisotopic (exact) mass is 215 g/mol. The molecule has 0 aromatic carbocycles. The molecule has 7 heteroatoms. The fraction of sp³-hybridized carbons (Fsp3) is 0.625. The predicted octanol–water partition coefficient (Wildman–Crippen LogP) is -0.943. The lowest BCUT2D eigenvalue weighted by Gasteiger charge is -2.08. The van der Waals surface area contributed by atoms with Crippen molar-refractivity contribution in [1.82, 2.24) is 15.5 Å². The summed E-state index contributed by atoms with van der Waals surface area (Å²) < 4.78 is 9.11. The number of hydrogen-bond donors (Lipinski definition) is 2. The lowest BCUT2D eigenvalue weighted by atomic mass is 10.3. The Kier molecular flexibility index (Phi) is 4.04. The van der Waals surface area contributed by atoms with E-state index in [-0.39, 0.29) is 5.91 Å². The average molecular weight is 215 g/mol. The highest BCUT2D eigenvalue weighted by atomic mass is 16.5. The van der Waals surface area contributed by atoms with E-state index in [9.17, 15) is 9.59 Å². The molecule has 0 radical (unpaired) electrons. The molecule has 0 spiro atoms. The van der Waals surface area contributed by atoms with Gasteiger partial charge in [0, 0.05) is 20.1 Å². The number of rotatable bonds is 5. The zero-order chi connectivity index (χ0) is 11.3. The van der Waals surface area contributed by atoms with Gasteiger partial charge in [-0.05, 0) is 6.92 Å². The summed E-state index contributed by atoms with van der Waals surface area (Å²) in [5.41, 5.74) is 0. The zero-order valence-electron chi connectivity index (χ0n) is 8.57. The molecule has 1 rings (SSSR count). The topological polar surface area (TPSA) is 97.2 Å². The molecule has 0 aliphatic heterocycles. The second-order valence-electron chi connectivity index (χ2n) is 2.96. The summed E-state index contributed by atoms with van der Waals surface area (Å²) in [5.74, 6) is -0.393. The summed E-state index contributed by atoms with van der Waals surface area (Å²) in [6, 6.07) is 0. The molecule has 0 aliphatic carbocycles. The highest BCUT2D eigenvalue weighted by molar-refractivity contribution is 5.80. The highest BCUT2D eigenvalue weighted by Gasteiger charge is 2.10. The van der Waals surface area contributed by atoms with E-state index >= 15 is 0 Å². The number of H-pyrrole nitrogens is 1. The molecule has 15 heavy (non-hydrogen) atoms. The summed E-state index contributed by atoms with van der Waals surface area (Å²) in [6.07, 6.45) is -0.0742. The van der Waals surface area contributed by atoms with E-state index < -0.39 is 11.9 Å². The number of ether oxygens (including phenoxy) is 1. The largest absolute Gasteiger partial charge is 0.438 e. The molecular formula is C8H13N3O4. The van der Waals surface area contributed by atoms with Gasteiger partial charge in [0.15, 0.2) is 5.82 Å². The molecule has 0 bridgehead atoms. The van der Waals surface area contributed by atoms with Crippen LogP contribution >= 0.6 is 0 Å². The van der Waals surface area contributed by atoms with Gasteiger partial charge in [-0.15, -0.1) is 0 Å². The number of nitrogens with zero attached hydrogens (tertiary/aromatic N) is 1. The number of hydrogen-bond acceptors (Lipinski definition) is 5. The fourth-order valence-electron chi connectivity index (χ4n) is 0.923. The second kappa shape index (κ2) is 5.30. The Morgan fingerprint density at radius 2 is 2.47 bits per heavy atom. The van der Waals surface area contributed by atoms with Gasteiger partial charge in [0.25, 0.3) is 0 Å². The first-order chi connectivity index (χ1) is 7.13. The molecular weight excluding hydrogens is 202 g/mol. The maximum atomic E-state index is 11.2. The van der Waals surface area contributed by atoms with Gasteiger partial charge >= 0.3 is 5.76 Å². The van der Waals surface area contributed by atoms with E-state index in [0.717, 1.165) is 0 Å². The number of aromatic nitrogens is 2. The standard InChI is InChI=1S/C8H13N3O4/c1-5(14-2)7(12)9-4-3-6-10-8(13)15-11-6/h5H,3-4H2,1-2H3,(H,9,12)(H,10,11,13). The Balaban J connectivity index is 2.27. The molecule has 1 aromatic rings. The first-order valence-electron chi connectivity index (χ1n) is 4.49. The van der Waals surface area contributed by atoms with Crippen LogP contribution in [-0.2, 0) is 16.0 Å². The molecule has 0 fully saturated rings. The third-order valence-corrected chi connectivity index (χ3v) is 1.87. The van der Waals surface area contributed by atoms with E-state index in [2.05, 4.69) is 20.0 Å². The average Bonchev–Trinajstić information content (AvgIpc) is 2.63. The van der Waals surface area contributed by atoms with Crippen molar-refractivity contribution >= 4 is 5.91 Å². The summed E-state index contributed by atoms with van der Waals surface area (Å²) in [4.78, 5) is 24.1. The summed E-state index contributed by atoms with van der Waals surface area (Å²) in [5, 5.41) is 6.08. The van der Waals surface area contributed by atoms with Crippen LogP contribution in [0.15, 0.2) is 9.32 Å². The van der Waals surface area contributed by atoms with Crippen molar-refractivity contribution in [1.29, 1.82) is 0 Å². The van der Waals surface area contributed by atoms with E-state index in [1.807, 2.05) is 0 Å². The Morgan fingerprint density at radius 3 is 3.00 bits per heavy atom. The van der Waals surface area contributed by atoms with Gasteiger partial charge in [-0.1, -0.05) is 5.16 Å². The van der Waals surface area contributed by atoms with Crippen LogP contribution in [0.4, 0.5) is 0 Å². The minimum atomic E-state index is -0.596. The van der Waals surface area contributed by atoms with Crippen molar-refractivity contribution in [2.24, 2.45) is 0 Å². The van der Waals surface area contributed by atoms with Crippen LogP contribution in [0.25, 0.3) is 0 Å². The minimum absolute atomic E-state index is 0.205. The lowest BCUT2D eigenvalue weighted by Crippen LogP contribution is -2.35. The van der Waals surface area contributed by atoms with Gasteiger partial charge in [-0.3, -0.25) is 14.3 Å². The Hall–Kier alpha value is -1.63. The molecule has 2 N–H and O–H groups in total. The molecule has 0 saturated heterocycles. The normalized spacial score (nSPS) is 12.4. The van der Waals surface area contributed by atoms with Crippen LogP contribution in [-0.4, -0.2) is 35.8 Å². The van der Waals surface area contributed by atoms with Crippen molar-refractivity contribution in [3.63, 3.8) is 0 Å². The zero-order valence-corrected chi connectivity index (χ0v) is 8.57. The van der Waals surface area contributed by atoms with Crippen molar-refractivity contribution in [3.05, 3.63) is 16.4 Å². The van der Waals surface area contributed by atoms with E-state index in [1.165, 1.54) is 7.11 Å². The molecule has 84 valence electrons. The SMILES string of the molecule is COC(C)C(=O)NCCc1noc(=O)[nH]1.